The van der Waals surface area contributed by atoms with E-state index in [4.69, 9.17) is 4.42 Å². The number of nitrogens with one attached hydrogen (secondary N) is 2. The number of hydrogen-bond donors (Lipinski definition) is 2. The average molecular weight is 406 g/mol. The van der Waals surface area contributed by atoms with Gasteiger partial charge in [0, 0.05) is 23.7 Å². The molecule has 1 saturated heterocycles. The smallest absolute Gasteiger partial charge is 0.251 e. The molecular formula is C23H26N4O3. The summed E-state index contributed by atoms with van der Waals surface area (Å²) < 4.78 is 5.91. The maximum Gasteiger partial charge on any atom is 0.251 e. The first-order chi connectivity index (χ1) is 14.6. The Labute approximate surface area is 175 Å². The van der Waals surface area contributed by atoms with Gasteiger partial charge in [0.25, 0.3) is 5.91 Å². The number of rotatable bonds is 6. The Hall–Kier alpha value is -3.19. The highest BCUT2D eigenvalue weighted by molar-refractivity contribution is 5.97. The van der Waals surface area contributed by atoms with E-state index in [2.05, 4.69) is 20.5 Å². The van der Waals surface area contributed by atoms with Crippen LogP contribution >= 0.6 is 0 Å². The Morgan fingerprint density at radius 2 is 1.93 bits per heavy atom. The minimum absolute atomic E-state index is 0.0802. The van der Waals surface area contributed by atoms with Gasteiger partial charge in [-0.1, -0.05) is 18.2 Å². The molecular weight excluding hydrogens is 380 g/mol. The zero-order valence-electron chi connectivity index (χ0n) is 17.1. The topological polar surface area (TPSA) is 87.5 Å². The first-order valence-electron chi connectivity index (χ1n) is 10.4. The molecule has 156 valence electrons. The Morgan fingerprint density at radius 1 is 1.13 bits per heavy atom. The van der Waals surface area contributed by atoms with Crippen molar-refractivity contribution in [2.45, 2.75) is 25.7 Å². The normalized spacial score (nSPS) is 15.2. The van der Waals surface area contributed by atoms with Crippen LogP contribution in [-0.4, -0.2) is 47.9 Å². The number of oxazole rings is 1. The molecule has 3 aromatic rings. The van der Waals surface area contributed by atoms with Gasteiger partial charge in [-0.25, -0.2) is 4.98 Å². The number of aromatic nitrogens is 1. The Bertz CT molecular complexity index is 1000. The predicted molar refractivity (Wildman–Crippen MR) is 116 cm³/mol. The second-order valence-corrected chi connectivity index (χ2v) is 7.56. The van der Waals surface area contributed by atoms with Crippen LogP contribution < -0.4 is 10.6 Å². The zero-order valence-corrected chi connectivity index (χ0v) is 17.1. The summed E-state index contributed by atoms with van der Waals surface area (Å²) in [6.07, 6.45) is 1.82. The van der Waals surface area contributed by atoms with E-state index in [0.29, 0.717) is 24.3 Å². The molecule has 0 spiro atoms. The number of benzene rings is 2. The van der Waals surface area contributed by atoms with Gasteiger partial charge in [0.15, 0.2) is 11.5 Å². The molecule has 0 unspecified atom stereocenters. The first-order valence-corrected chi connectivity index (χ1v) is 10.4. The van der Waals surface area contributed by atoms with E-state index in [1.807, 2.05) is 31.2 Å². The van der Waals surface area contributed by atoms with Crippen LogP contribution in [0.15, 0.2) is 52.9 Å². The van der Waals surface area contributed by atoms with Crippen molar-refractivity contribution >= 4 is 28.6 Å². The van der Waals surface area contributed by atoms with Crippen LogP contribution in [0.4, 0.5) is 5.69 Å². The molecule has 2 N–H and O–H groups in total. The van der Waals surface area contributed by atoms with Gasteiger partial charge in [0.05, 0.1) is 6.54 Å². The van der Waals surface area contributed by atoms with Crippen molar-refractivity contribution in [1.29, 1.82) is 0 Å². The highest BCUT2D eigenvalue weighted by Crippen LogP contribution is 2.29. The Kier molecular flexibility index (Phi) is 6.09. The van der Waals surface area contributed by atoms with Gasteiger partial charge in [0.1, 0.15) is 5.52 Å². The van der Waals surface area contributed by atoms with E-state index in [9.17, 15) is 9.59 Å². The van der Waals surface area contributed by atoms with Crippen LogP contribution in [0.25, 0.3) is 11.1 Å². The number of para-hydroxylation sites is 2. The van der Waals surface area contributed by atoms with E-state index >= 15 is 0 Å². The minimum atomic E-state index is -0.144. The monoisotopic (exact) mass is 406 g/mol. The summed E-state index contributed by atoms with van der Waals surface area (Å²) in [5, 5.41) is 5.66. The molecule has 7 nitrogen and oxygen atoms in total. The fraction of sp³-hybridized carbons (Fsp3) is 0.348. The minimum Gasteiger partial charge on any atom is -0.440 e. The standard InChI is InChI=1S/C23H26N4O3/c1-2-24-22(29)17-6-5-7-18(14-17)25-21(28)15-27-12-10-16(11-13-27)23-26-19-8-3-4-9-20(19)30-23/h3-9,14,16H,2,10-13,15H2,1H3,(H,24,29)(H,25,28). The Morgan fingerprint density at radius 3 is 2.70 bits per heavy atom. The molecule has 0 aliphatic carbocycles. The van der Waals surface area contributed by atoms with Crippen molar-refractivity contribution < 1.29 is 14.0 Å². The van der Waals surface area contributed by atoms with Crippen LogP contribution in [0.3, 0.4) is 0 Å². The van der Waals surface area contributed by atoms with Crippen molar-refractivity contribution in [3.05, 3.63) is 60.0 Å². The number of nitrogens with zero attached hydrogens (tertiary/aromatic N) is 2. The SMILES string of the molecule is CCNC(=O)c1cccc(NC(=O)CN2CCC(c3nc4ccccc4o3)CC2)c1. The fourth-order valence-corrected chi connectivity index (χ4v) is 3.81. The number of likely N-dealkylation sites (tertiary alicyclic amines) is 1. The van der Waals surface area contributed by atoms with Crippen LogP contribution in [0.5, 0.6) is 0 Å². The largest absolute Gasteiger partial charge is 0.440 e. The van der Waals surface area contributed by atoms with Gasteiger partial charge in [-0.15, -0.1) is 0 Å². The summed E-state index contributed by atoms with van der Waals surface area (Å²) in [6.45, 7) is 4.39. The zero-order chi connectivity index (χ0) is 20.9. The van der Waals surface area contributed by atoms with Gasteiger partial charge in [-0.3, -0.25) is 14.5 Å². The third-order valence-corrected chi connectivity index (χ3v) is 5.36. The van der Waals surface area contributed by atoms with E-state index in [1.54, 1.807) is 24.3 Å². The van der Waals surface area contributed by atoms with Crippen LogP contribution in [0, 0.1) is 0 Å². The van der Waals surface area contributed by atoms with E-state index in [0.717, 1.165) is 42.9 Å². The summed E-state index contributed by atoms with van der Waals surface area (Å²) in [6, 6.07) is 14.8. The van der Waals surface area contributed by atoms with Gasteiger partial charge < -0.3 is 15.1 Å². The summed E-state index contributed by atoms with van der Waals surface area (Å²) in [4.78, 5) is 31.2. The molecule has 2 amide bonds. The number of carbonyl (C=O) groups is 2. The van der Waals surface area contributed by atoms with Crippen molar-refractivity contribution in [1.82, 2.24) is 15.2 Å². The summed E-state index contributed by atoms with van der Waals surface area (Å²) in [7, 11) is 0. The summed E-state index contributed by atoms with van der Waals surface area (Å²) >= 11 is 0. The summed E-state index contributed by atoms with van der Waals surface area (Å²) in [5.74, 6) is 0.853. The van der Waals surface area contributed by atoms with Crippen LogP contribution in [-0.2, 0) is 4.79 Å². The van der Waals surface area contributed by atoms with Gasteiger partial charge in [-0.2, -0.15) is 0 Å². The predicted octanol–water partition coefficient (Wildman–Crippen LogP) is 3.40. The quantitative estimate of drug-likeness (QED) is 0.655. The van der Waals surface area contributed by atoms with Crippen molar-refractivity contribution in [2.24, 2.45) is 0 Å². The molecule has 0 bridgehead atoms. The first kappa shape index (κ1) is 20.1. The fourth-order valence-electron chi connectivity index (χ4n) is 3.81. The molecule has 1 aliphatic heterocycles. The van der Waals surface area contributed by atoms with E-state index in [-0.39, 0.29) is 17.7 Å². The second kappa shape index (κ2) is 9.09. The third kappa shape index (κ3) is 4.68. The van der Waals surface area contributed by atoms with E-state index < -0.39 is 0 Å². The molecule has 1 aliphatic rings. The molecule has 0 radical (unpaired) electrons. The molecule has 1 aromatic heterocycles. The van der Waals surface area contributed by atoms with Crippen molar-refractivity contribution in [3.8, 4) is 0 Å². The van der Waals surface area contributed by atoms with E-state index in [1.165, 1.54) is 0 Å². The van der Waals surface area contributed by atoms with Crippen LogP contribution in [0.1, 0.15) is 41.9 Å². The maximum atomic E-state index is 12.5. The molecule has 0 saturated carbocycles. The van der Waals surface area contributed by atoms with Crippen LogP contribution in [0.2, 0.25) is 0 Å². The average Bonchev–Trinajstić information content (AvgIpc) is 3.19. The number of anilines is 1. The van der Waals surface area contributed by atoms with Gasteiger partial charge in [0.2, 0.25) is 5.91 Å². The molecule has 4 rings (SSSR count). The lowest BCUT2D eigenvalue weighted by Gasteiger charge is -2.29. The Balaban J connectivity index is 1.29. The van der Waals surface area contributed by atoms with Gasteiger partial charge in [-0.05, 0) is 63.2 Å². The number of fused-ring (bicyclic) bond motifs is 1. The third-order valence-electron chi connectivity index (χ3n) is 5.36. The molecule has 0 atom stereocenters. The lowest BCUT2D eigenvalue weighted by atomic mass is 9.97. The number of carbonyl (C=O) groups excluding carboxylic acids is 2. The number of amides is 2. The van der Waals surface area contributed by atoms with Gasteiger partial charge >= 0.3 is 0 Å². The molecule has 2 heterocycles. The second-order valence-electron chi connectivity index (χ2n) is 7.56. The van der Waals surface area contributed by atoms with Crippen molar-refractivity contribution in [3.63, 3.8) is 0 Å². The highest BCUT2D eigenvalue weighted by Gasteiger charge is 2.25. The summed E-state index contributed by atoms with van der Waals surface area (Å²) in [5.41, 5.74) is 2.88. The number of hydrogen-bond acceptors (Lipinski definition) is 5. The lowest BCUT2D eigenvalue weighted by molar-refractivity contribution is -0.117. The highest BCUT2D eigenvalue weighted by atomic mass is 16.3. The lowest BCUT2D eigenvalue weighted by Crippen LogP contribution is -2.38. The molecule has 1 fully saturated rings. The number of piperidine rings is 1. The molecule has 30 heavy (non-hydrogen) atoms. The maximum absolute atomic E-state index is 12.5. The molecule has 2 aromatic carbocycles. The molecule has 7 heteroatoms. The van der Waals surface area contributed by atoms with Crippen molar-refractivity contribution in [2.75, 3.05) is 31.5 Å².